The van der Waals surface area contributed by atoms with E-state index in [0.717, 1.165) is 55.4 Å². The molecule has 507 valence electrons. The summed E-state index contributed by atoms with van der Waals surface area (Å²) in [4.78, 5) is 77.8. The van der Waals surface area contributed by atoms with Crippen LogP contribution in [-0.2, 0) is 88.8 Å². The number of hydrogen-bond acceptors (Lipinski definition) is 17. The molecule has 3 radical (unpaired) electrons. The van der Waals surface area contributed by atoms with Gasteiger partial charge in [-0.25, -0.2) is 45.8 Å². The van der Waals surface area contributed by atoms with Crippen molar-refractivity contribution in [1.29, 1.82) is 0 Å². The molecule has 0 bridgehead atoms. The van der Waals surface area contributed by atoms with Gasteiger partial charge in [-0.3, -0.25) is 14.5 Å². The summed E-state index contributed by atoms with van der Waals surface area (Å²) in [6.07, 6.45) is 7.26. The molecule has 0 aliphatic carbocycles. The number of carbonyl (C=O) groups excluding carboxylic acids is 6. The van der Waals surface area contributed by atoms with Crippen LogP contribution in [0.2, 0.25) is 20.1 Å². The van der Waals surface area contributed by atoms with E-state index in [4.69, 9.17) is 55.9 Å². The van der Waals surface area contributed by atoms with E-state index in [9.17, 15) is 45.6 Å². The Balaban J connectivity index is 0.000000356. The summed E-state index contributed by atoms with van der Waals surface area (Å²) in [7, 11) is -2.40. The monoisotopic (exact) mass is 1420 g/mol. The van der Waals surface area contributed by atoms with E-state index in [1.807, 2.05) is 139 Å². The molecular weight excluding hydrogens is 1330 g/mol. The van der Waals surface area contributed by atoms with E-state index < -0.39 is 49.2 Å². The standard InChI is InChI=1S/C29H39Cl2N3O4S.C19H22Cl2N2O2S.C10H17NO3.C4H6O4.C2H3BO2.Na/c1-29(2,3)38-28(35)32-15-13-25(14-16-32)33-19-27(18-22-7-11-24(31)12-8-22)34(39(4,36)37)20-26(33)17-21-5-9-23(30)10-6-21;1-26(24,25)23-13-18(10-14-2-6-16(20)7-3-14)22-12-19(23)11-15-4-8-17(21)9-5-15;1-10(2,3)14-9(13)11-6-4-8(12)5-7-11;1-3(5)7-8-4(2)6;1-2(4)5-3;/h5-12,25-27H,13-20H2,1-4H3;2-9,18-19,22H,10-13H2,1H3;4-7H2,1-3H3;1-2H3;1H3;/q;;;;-1;+1/t26?,27-;18?,19-;;;;/m00..../s1. The molecular formula is C64H87BCl4N6NaO15S2. The summed E-state index contributed by atoms with van der Waals surface area (Å²) in [5.41, 5.74) is 3.38. The van der Waals surface area contributed by atoms with Crippen LogP contribution in [-0.4, -0.2) is 190 Å². The Bertz CT molecular complexity index is 3250. The maximum atomic E-state index is 13.0. The van der Waals surface area contributed by atoms with Gasteiger partial charge in [0.25, 0.3) is 0 Å². The molecule has 2 amide bonds. The van der Waals surface area contributed by atoms with E-state index in [1.165, 1.54) is 19.4 Å². The molecule has 21 nitrogen and oxygen atoms in total. The molecule has 93 heavy (non-hydrogen) atoms. The van der Waals surface area contributed by atoms with Gasteiger partial charge in [-0.15, -0.1) is 0 Å². The number of rotatable bonds is 11. The molecule has 4 fully saturated rings. The molecule has 8 rings (SSSR count). The van der Waals surface area contributed by atoms with Gasteiger partial charge in [-0.1, -0.05) is 94.9 Å². The van der Waals surface area contributed by atoms with Crippen molar-refractivity contribution >= 4 is 110 Å². The summed E-state index contributed by atoms with van der Waals surface area (Å²) in [5, 5.41) is 6.21. The number of carbonyl (C=O) groups is 6. The van der Waals surface area contributed by atoms with Gasteiger partial charge in [0.2, 0.25) is 26.0 Å². The fraction of sp³-hybridized carbons (Fsp3) is 0.531. The largest absolute Gasteiger partial charge is 1.00 e. The first-order valence-electron chi connectivity index (χ1n) is 30.0. The minimum absolute atomic E-state index is 0. The zero-order valence-corrected chi connectivity index (χ0v) is 61.9. The van der Waals surface area contributed by atoms with Gasteiger partial charge in [0, 0.05) is 136 Å². The van der Waals surface area contributed by atoms with Crippen LogP contribution in [0.5, 0.6) is 0 Å². The number of piperidine rings is 2. The number of ketones is 1. The SMILES string of the molecule is CC(=O)OOC(C)=O.CC(C)(C)OC(=O)N1CCC(=O)CC1.CC(C)(C)OC(=O)N1CCC(N2C[C@H](Cc3ccc(Cl)cc3)N(S(C)(=O)=O)CC2Cc2ccc(Cl)cc2)CC1.CS(=O)(=O)N1CC(Cc2ccc(Cl)cc2)NC[C@@H]1Cc1ccc(Cl)cc1.[B-]OC(C)=O.[Na+]. The molecule has 4 aliphatic rings. The molecule has 4 aliphatic heterocycles. The Kier molecular flexibility index (Phi) is 34.7. The van der Waals surface area contributed by atoms with Crippen LogP contribution in [0.4, 0.5) is 9.59 Å². The third-order valence-corrected chi connectivity index (χ3v) is 18.1. The minimum atomic E-state index is -3.44. The predicted molar refractivity (Wildman–Crippen MR) is 358 cm³/mol. The van der Waals surface area contributed by atoms with Gasteiger partial charge >= 0.3 is 53.7 Å². The molecule has 4 heterocycles. The third kappa shape index (κ3) is 31.9. The van der Waals surface area contributed by atoms with Crippen molar-refractivity contribution < 1.29 is 99.1 Å². The van der Waals surface area contributed by atoms with Crippen LogP contribution in [0, 0.1) is 0 Å². The molecule has 4 aromatic rings. The van der Waals surface area contributed by atoms with Crippen molar-refractivity contribution in [1.82, 2.24) is 28.6 Å². The van der Waals surface area contributed by atoms with Crippen LogP contribution in [0.1, 0.15) is 110 Å². The summed E-state index contributed by atoms with van der Waals surface area (Å²) in [6.45, 7) is 19.0. The van der Waals surface area contributed by atoms with Gasteiger partial charge in [0.15, 0.2) is 0 Å². The molecule has 4 aromatic carbocycles. The van der Waals surface area contributed by atoms with Crippen LogP contribution in [0.25, 0.3) is 0 Å². The van der Waals surface area contributed by atoms with Gasteiger partial charge in [-0.2, -0.15) is 8.61 Å². The zero-order valence-electron chi connectivity index (χ0n) is 55.2. The zero-order chi connectivity index (χ0) is 68.7. The quantitative estimate of drug-likeness (QED) is 0.0892. The molecule has 1 N–H and O–H groups in total. The van der Waals surface area contributed by atoms with E-state index >= 15 is 0 Å². The molecule has 0 saturated carbocycles. The number of nitrogens with zero attached hydrogens (tertiary/aromatic N) is 5. The molecule has 4 saturated heterocycles. The number of halogens is 4. The number of benzene rings is 4. The predicted octanol–water partition coefficient (Wildman–Crippen LogP) is 7.12. The summed E-state index contributed by atoms with van der Waals surface area (Å²) < 4.78 is 68.4. The first-order chi connectivity index (χ1) is 42.9. The van der Waals surface area contributed by atoms with Crippen molar-refractivity contribution in [3.63, 3.8) is 0 Å². The summed E-state index contributed by atoms with van der Waals surface area (Å²) >= 11 is 24.1. The average Bonchev–Trinajstić information content (AvgIpc) is 1.67. The third-order valence-electron chi connectivity index (χ3n) is 14.5. The Morgan fingerprint density at radius 1 is 0.516 bits per heavy atom. The number of amides is 2. The first kappa shape index (κ1) is 82.7. The molecule has 4 atom stereocenters. The van der Waals surface area contributed by atoms with Gasteiger partial charge in [-0.05, 0) is 151 Å². The summed E-state index contributed by atoms with van der Waals surface area (Å²) in [5.74, 6) is -1.52. The number of sulfonamides is 2. The van der Waals surface area contributed by atoms with E-state index in [-0.39, 0.29) is 77.7 Å². The molecule has 0 spiro atoms. The van der Waals surface area contributed by atoms with Crippen LogP contribution < -0.4 is 34.9 Å². The van der Waals surface area contributed by atoms with E-state index in [0.29, 0.717) is 105 Å². The molecule has 2 unspecified atom stereocenters. The van der Waals surface area contributed by atoms with Crippen molar-refractivity contribution in [3.05, 3.63) is 139 Å². The maximum Gasteiger partial charge on any atom is 1.00 e. The van der Waals surface area contributed by atoms with Crippen molar-refractivity contribution in [2.24, 2.45) is 0 Å². The smallest absolute Gasteiger partial charge is 0.793 e. The normalized spacial score (nSPS) is 19.1. The Morgan fingerprint density at radius 3 is 1.19 bits per heavy atom. The van der Waals surface area contributed by atoms with Crippen molar-refractivity contribution in [3.8, 4) is 0 Å². The fourth-order valence-corrected chi connectivity index (χ4v) is 13.1. The Morgan fingerprint density at radius 2 is 0.849 bits per heavy atom. The number of piperazine rings is 2. The number of Topliss-reactive ketones (excluding diaryl/α,β-unsaturated/α-hetero) is 1. The summed E-state index contributed by atoms with van der Waals surface area (Å²) in [6, 6.07) is 30.6. The van der Waals surface area contributed by atoms with Crippen LogP contribution in [0.3, 0.4) is 0 Å². The fourth-order valence-electron chi connectivity index (χ4n) is 10.4. The number of ether oxygens (including phenoxy) is 2. The van der Waals surface area contributed by atoms with Crippen molar-refractivity contribution in [2.75, 3.05) is 64.9 Å². The Hall–Kier alpha value is -4.54. The molecule has 29 heteroatoms. The number of nitrogens with one attached hydrogen (secondary N) is 1. The minimum Gasteiger partial charge on any atom is -0.793 e. The van der Waals surface area contributed by atoms with Crippen LogP contribution in [0.15, 0.2) is 97.1 Å². The maximum absolute atomic E-state index is 13.0. The van der Waals surface area contributed by atoms with E-state index in [2.05, 4.69) is 32.7 Å². The van der Waals surface area contributed by atoms with Gasteiger partial charge < -0.3 is 37.3 Å². The number of hydrogen-bond donors (Lipinski definition) is 1. The second-order valence-electron chi connectivity index (χ2n) is 24.7. The second kappa shape index (κ2) is 39.0. The van der Waals surface area contributed by atoms with Gasteiger partial charge in [0.05, 0.1) is 12.5 Å². The first-order valence-corrected chi connectivity index (χ1v) is 35.2. The topological polar surface area (TPSA) is 245 Å². The van der Waals surface area contributed by atoms with Crippen LogP contribution >= 0.6 is 46.4 Å². The number of likely N-dealkylation sites (tertiary alicyclic amines) is 2. The Labute approximate surface area is 592 Å². The van der Waals surface area contributed by atoms with Gasteiger partial charge in [0.1, 0.15) is 17.0 Å². The second-order valence-corrected chi connectivity index (χ2v) is 30.3. The molecule has 0 aromatic heterocycles. The average molecular weight is 1420 g/mol. The van der Waals surface area contributed by atoms with Crippen molar-refractivity contribution in [2.45, 2.75) is 155 Å². The van der Waals surface area contributed by atoms with E-state index in [1.54, 1.807) is 18.4 Å².